The third-order valence-electron chi connectivity index (χ3n) is 4.07. The second-order valence-electron chi connectivity index (χ2n) is 6.33. The van der Waals surface area contributed by atoms with Crippen LogP contribution in [0, 0.1) is 0 Å². The lowest BCUT2D eigenvalue weighted by Gasteiger charge is -2.12. The summed E-state index contributed by atoms with van der Waals surface area (Å²) in [6.07, 6.45) is 0. The fourth-order valence-corrected chi connectivity index (χ4v) is 3.97. The van der Waals surface area contributed by atoms with Crippen LogP contribution in [0.2, 0.25) is 0 Å². The summed E-state index contributed by atoms with van der Waals surface area (Å²) < 4.78 is 38.6. The van der Waals surface area contributed by atoms with Crippen molar-refractivity contribution in [3.8, 4) is 11.9 Å². The van der Waals surface area contributed by atoms with Crippen molar-refractivity contribution in [3.05, 3.63) is 64.6 Å². The zero-order valence-corrected chi connectivity index (χ0v) is 20.5. The SMILES string of the molecule is COc1cc(NS(=O)(=O)c2ccc(NC(=S)NC(=O)c3ccc(Br)cc3)cc2)nc(OC)n1. The Labute approximate surface area is 203 Å². The molecule has 172 valence electrons. The van der Waals surface area contributed by atoms with Gasteiger partial charge in [-0.2, -0.15) is 9.97 Å². The number of aromatic nitrogens is 2. The van der Waals surface area contributed by atoms with Gasteiger partial charge in [0, 0.05) is 21.8 Å². The summed E-state index contributed by atoms with van der Waals surface area (Å²) in [6, 6.07) is 13.8. The minimum absolute atomic E-state index is 0.0160. The fourth-order valence-electron chi connectivity index (χ4n) is 2.50. The maximum atomic E-state index is 12.7. The van der Waals surface area contributed by atoms with Crippen molar-refractivity contribution in [1.82, 2.24) is 15.3 Å². The number of nitrogens with one attached hydrogen (secondary N) is 3. The standard InChI is InChI=1S/C20H18BrN5O5S2/c1-30-17-11-16(23-19(24-17)31-2)26-33(28,29)15-9-7-14(8-10-15)22-20(32)25-18(27)12-3-5-13(21)6-4-12/h3-11H,1-2H3,(H,23,24,26)(H2,22,25,27,32). The number of amides is 1. The zero-order valence-electron chi connectivity index (χ0n) is 17.3. The minimum atomic E-state index is -3.95. The van der Waals surface area contributed by atoms with Crippen LogP contribution in [0.5, 0.6) is 11.9 Å². The molecule has 13 heteroatoms. The molecule has 2 aromatic carbocycles. The number of hydrogen-bond donors (Lipinski definition) is 3. The first-order chi connectivity index (χ1) is 15.7. The van der Waals surface area contributed by atoms with Gasteiger partial charge in [-0.15, -0.1) is 0 Å². The molecular weight excluding hydrogens is 534 g/mol. The number of carbonyl (C=O) groups is 1. The molecule has 3 aromatic rings. The number of benzene rings is 2. The van der Waals surface area contributed by atoms with Crippen molar-refractivity contribution in [1.29, 1.82) is 0 Å². The van der Waals surface area contributed by atoms with Gasteiger partial charge in [0.05, 0.1) is 19.1 Å². The first-order valence-corrected chi connectivity index (χ1v) is 11.9. The van der Waals surface area contributed by atoms with E-state index in [0.29, 0.717) is 11.3 Å². The number of hydrogen-bond acceptors (Lipinski definition) is 8. The Morgan fingerprint density at radius 2 is 1.67 bits per heavy atom. The van der Waals surface area contributed by atoms with Crippen LogP contribution < -0.4 is 24.8 Å². The van der Waals surface area contributed by atoms with Gasteiger partial charge < -0.3 is 14.8 Å². The molecule has 0 fully saturated rings. The van der Waals surface area contributed by atoms with Gasteiger partial charge in [-0.3, -0.25) is 14.8 Å². The van der Waals surface area contributed by atoms with Crippen LogP contribution in [0.3, 0.4) is 0 Å². The molecule has 0 aliphatic heterocycles. The van der Waals surface area contributed by atoms with E-state index in [1.165, 1.54) is 44.6 Å². The summed E-state index contributed by atoms with van der Waals surface area (Å²) >= 11 is 8.46. The van der Waals surface area contributed by atoms with Gasteiger partial charge in [-0.1, -0.05) is 15.9 Å². The highest BCUT2D eigenvalue weighted by Gasteiger charge is 2.17. The smallest absolute Gasteiger partial charge is 0.321 e. The lowest BCUT2D eigenvalue weighted by Crippen LogP contribution is -2.34. The van der Waals surface area contributed by atoms with Crippen molar-refractivity contribution in [3.63, 3.8) is 0 Å². The summed E-state index contributed by atoms with van der Waals surface area (Å²) in [5, 5.41) is 5.46. The van der Waals surface area contributed by atoms with Crippen LogP contribution in [-0.2, 0) is 10.0 Å². The van der Waals surface area contributed by atoms with Crippen LogP contribution in [0.4, 0.5) is 11.5 Å². The molecule has 33 heavy (non-hydrogen) atoms. The maximum absolute atomic E-state index is 12.7. The summed E-state index contributed by atoms with van der Waals surface area (Å²) in [4.78, 5) is 20.1. The number of sulfonamides is 1. The Morgan fingerprint density at radius 1 is 1.00 bits per heavy atom. The number of ether oxygens (including phenoxy) is 2. The van der Waals surface area contributed by atoms with E-state index >= 15 is 0 Å². The van der Waals surface area contributed by atoms with E-state index in [2.05, 4.69) is 41.3 Å². The summed E-state index contributed by atoms with van der Waals surface area (Å²) in [6.45, 7) is 0. The Hall–Kier alpha value is -3.29. The molecular formula is C20H18BrN5O5S2. The lowest BCUT2D eigenvalue weighted by molar-refractivity contribution is 0.0977. The molecule has 1 aromatic heterocycles. The van der Waals surface area contributed by atoms with E-state index in [1.807, 2.05) is 0 Å². The lowest BCUT2D eigenvalue weighted by atomic mass is 10.2. The second-order valence-corrected chi connectivity index (χ2v) is 9.33. The first-order valence-electron chi connectivity index (χ1n) is 9.18. The van der Waals surface area contributed by atoms with Crippen molar-refractivity contribution < 1.29 is 22.7 Å². The van der Waals surface area contributed by atoms with Crippen LogP contribution in [0.1, 0.15) is 10.4 Å². The predicted octanol–water partition coefficient (Wildman–Crippen LogP) is 3.18. The third kappa shape index (κ3) is 6.60. The average molecular weight is 552 g/mol. The molecule has 1 amide bonds. The van der Waals surface area contributed by atoms with Gasteiger partial charge in [0.15, 0.2) is 10.9 Å². The van der Waals surface area contributed by atoms with Gasteiger partial charge in [-0.05, 0) is 60.7 Å². The second kappa shape index (κ2) is 10.6. The van der Waals surface area contributed by atoms with Gasteiger partial charge in [0.2, 0.25) is 5.88 Å². The number of thiocarbonyl (C=S) groups is 1. The maximum Gasteiger partial charge on any atom is 0.321 e. The minimum Gasteiger partial charge on any atom is -0.481 e. The zero-order chi connectivity index (χ0) is 24.0. The number of nitrogens with zero attached hydrogens (tertiary/aromatic N) is 2. The molecule has 10 nitrogen and oxygen atoms in total. The Morgan fingerprint density at radius 3 is 2.27 bits per heavy atom. The molecule has 3 N–H and O–H groups in total. The molecule has 0 bridgehead atoms. The Balaban J connectivity index is 1.66. The summed E-state index contributed by atoms with van der Waals surface area (Å²) in [7, 11) is -1.21. The highest BCUT2D eigenvalue weighted by molar-refractivity contribution is 9.10. The van der Waals surface area contributed by atoms with E-state index in [9.17, 15) is 13.2 Å². The van der Waals surface area contributed by atoms with E-state index < -0.39 is 10.0 Å². The van der Waals surface area contributed by atoms with E-state index in [1.54, 1.807) is 24.3 Å². The molecule has 3 rings (SSSR count). The molecule has 0 radical (unpaired) electrons. The third-order valence-corrected chi connectivity index (χ3v) is 6.17. The van der Waals surface area contributed by atoms with Crippen molar-refractivity contribution in [2.24, 2.45) is 0 Å². The first kappa shape index (κ1) is 24.4. The van der Waals surface area contributed by atoms with E-state index in [4.69, 9.17) is 21.7 Å². The largest absolute Gasteiger partial charge is 0.481 e. The van der Waals surface area contributed by atoms with Gasteiger partial charge >= 0.3 is 6.01 Å². The molecule has 0 atom stereocenters. The highest BCUT2D eigenvalue weighted by Crippen LogP contribution is 2.21. The number of methoxy groups -OCH3 is 2. The van der Waals surface area contributed by atoms with Crippen LogP contribution in [0.25, 0.3) is 0 Å². The average Bonchev–Trinajstić information content (AvgIpc) is 2.79. The molecule has 0 saturated carbocycles. The van der Waals surface area contributed by atoms with Crippen molar-refractivity contribution in [2.45, 2.75) is 4.90 Å². The number of anilines is 2. The number of carbonyl (C=O) groups excluding carboxylic acids is 1. The van der Waals surface area contributed by atoms with Crippen LogP contribution in [-0.4, -0.2) is 43.6 Å². The van der Waals surface area contributed by atoms with Gasteiger partial charge in [-0.25, -0.2) is 8.42 Å². The number of halogens is 1. The molecule has 0 saturated heterocycles. The Kier molecular flexibility index (Phi) is 7.79. The topological polar surface area (TPSA) is 132 Å². The summed E-state index contributed by atoms with van der Waals surface area (Å²) in [5.74, 6) is -0.255. The Bertz CT molecular complexity index is 1250. The molecule has 1 heterocycles. The predicted molar refractivity (Wildman–Crippen MR) is 130 cm³/mol. The van der Waals surface area contributed by atoms with Crippen molar-refractivity contribution in [2.75, 3.05) is 24.3 Å². The molecule has 0 unspecified atom stereocenters. The normalized spacial score (nSPS) is 10.8. The fraction of sp³-hybridized carbons (Fsp3) is 0.100. The summed E-state index contributed by atoms with van der Waals surface area (Å²) in [5.41, 5.74) is 0.924. The van der Waals surface area contributed by atoms with Crippen LogP contribution >= 0.6 is 28.1 Å². The molecule has 0 aliphatic carbocycles. The number of rotatable bonds is 7. The molecule has 0 aliphatic rings. The van der Waals surface area contributed by atoms with Gasteiger partial charge in [0.25, 0.3) is 15.9 Å². The van der Waals surface area contributed by atoms with E-state index in [-0.39, 0.29) is 33.6 Å². The monoisotopic (exact) mass is 551 g/mol. The van der Waals surface area contributed by atoms with Gasteiger partial charge in [0.1, 0.15) is 0 Å². The van der Waals surface area contributed by atoms with Crippen molar-refractivity contribution >= 4 is 60.7 Å². The molecule has 0 spiro atoms. The van der Waals surface area contributed by atoms with Crippen LogP contribution in [0.15, 0.2) is 64.0 Å². The highest BCUT2D eigenvalue weighted by atomic mass is 79.9. The quantitative estimate of drug-likeness (QED) is 0.378. The van der Waals surface area contributed by atoms with E-state index in [0.717, 1.165) is 4.47 Å².